The number of aliphatic hydroxyl groups is 1. The van der Waals surface area contributed by atoms with Crippen LogP contribution in [0.5, 0.6) is 0 Å². The maximum Gasteiger partial charge on any atom is 0.254 e. The van der Waals surface area contributed by atoms with Crippen LogP contribution in [0, 0.1) is 0 Å². The number of hydrogen-bond donors (Lipinski definition) is 3. The van der Waals surface area contributed by atoms with Gasteiger partial charge in [0.2, 0.25) is 11.8 Å². The molecule has 1 fully saturated rings. The molecule has 1 aliphatic heterocycles. The third-order valence-corrected chi connectivity index (χ3v) is 3.80. The first kappa shape index (κ1) is 17.5. The minimum atomic E-state index is -0.529. The fourth-order valence-electron chi connectivity index (χ4n) is 2.42. The summed E-state index contributed by atoms with van der Waals surface area (Å²) in [7, 11) is 0. The highest BCUT2D eigenvalue weighted by Crippen LogP contribution is 2.21. The number of nitrogens with zero attached hydrogens (tertiary/aromatic N) is 2. The lowest BCUT2D eigenvalue weighted by atomic mass is 10.1. The number of hydrogen-bond acceptors (Lipinski definition) is 5. The second-order valence-corrected chi connectivity index (χ2v) is 5.33. The van der Waals surface area contributed by atoms with Gasteiger partial charge in [0.15, 0.2) is 0 Å². The Hall–Kier alpha value is -2.87. The Morgan fingerprint density at radius 3 is 2.42 bits per heavy atom. The van der Waals surface area contributed by atoms with Gasteiger partial charge in [-0.05, 0) is 24.3 Å². The van der Waals surface area contributed by atoms with Crippen LogP contribution in [0.1, 0.15) is 10.4 Å². The zero-order valence-corrected chi connectivity index (χ0v) is 13.2. The molecular weight excluding hydrogens is 312 g/mol. The fourth-order valence-corrected chi connectivity index (χ4v) is 2.42. The molecule has 1 aromatic rings. The van der Waals surface area contributed by atoms with Gasteiger partial charge in [-0.25, -0.2) is 0 Å². The molecule has 0 atom stereocenters. The maximum absolute atomic E-state index is 12.6. The van der Waals surface area contributed by atoms with E-state index in [1.807, 2.05) is 0 Å². The number of nitrogen functional groups attached to an aromatic ring is 1. The van der Waals surface area contributed by atoms with Gasteiger partial charge >= 0.3 is 0 Å². The number of carbonyl (C=O) groups is 3. The van der Waals surface area contributed by atoms with E-state index in [2.05, 4.69) is 11.9 Å². The van der Waals surface area contributed by atoms with Crippen LogP contribution >= 0.6 is 0 Å². The molecule has 2 rings (SSSR count). The summed E-state index contributed by atoms with van der Waals surface area (Å²) in [5, 5.41) is 11.4. The molecule has 0 unspecified atom stereocenters. The predicted octanol–water partition coefficient (Wildman–Crippen LogP) is -0.330. The van der Waals surface area contributed by atoms with Crippen LogP contribution < -0.4 is 11.1 Å². The van der Waals surface area contributed by atoms with E-state index in [4.69, 9.17) is 10.8 Å². The van der Waals surface area contributed by atoms with Crippen LogP contribution in [0.3, 0.4) is 0 Å². The summed E-state index contributed by atoms with van der Waals surface area (Å²) in [6.45, 7) is 4.35. The Balaban J connectivity index is 2.08. The first-order valence-electron chi connectivity index (χ1n) is 7.47. The van der Waals surface area contributed by atoms with Crippen molar-refractivity contribution >= 4 is 29.1 Å². The first-order chi connectivity index (χ1) is 11.5. The first-order valence-corrected chi connectivity index (χ1v) is 7.47. The van der Waals surface area contributed by atoms with E-state index in [0.29, 0.717) is 43.1 Å². The van der Waals surface area contributed by atoms with Gasteiger partial charge in [0.1, 0.15) is 6.61 Å². The van der Waals surface area contributed by atoms with Crippen molar-refractivity contribution in [3.63, 3.8) is 0 Å². The largest absolute Gasteiger partial charge is 0.397 e. The Kier molecular flexibility index (Phi) is 5.54. The number of benzene rings is 1. The number of amides is 3. The zero-order valence-electron chi connectivity index (χ0n) is 13.2. The third kappa shape index (κ3) is 3.90. The number of carbonyl (C=O) groups excluding carboxylic acids is 3. The summed E-state index contributed by atoms with van der Waals surface area (Å²) >= 11 is 0. The number of anilines is 2. The van der Waals surface area contributed by atoms with Crippen molar-refractivity contribution in [2.45, 2.75) is 0 Å². The average molecular weight is 332 g/mol. The Morgan fingerprint density at radius 1 is 1.21 bits per heavy atom. The van der Waals surface area contributed by atoms with Gasteiger partial charge in [-0.15, -0.1) is 0 Å². The molecule has 1 heterocycles. The standard InChI is InChI=1S/C16H20N4O4/c1-2-14(22)18-13-9-11(3-4-12(13)17)16(24)20-7-5-19(6-8-20)15(23)10-21/h2-4,9,21H,1,5-8,10,17H2,(H,18,22). The van der Waals surface area contributed by atoms with Crippen molar-refractivity contribution in [2.24, 2.45) is 0 Å². The molecule has 128 valence electrons. The van der Waals surface area contributed by atoms with Gasteiger partial charge in [0.05, 0.1) is 11.4 Å². The Labute approximate surface area is 139 Å². The molecule has 4 N–H and O–H groups in total. The lowest BCUT2D eigenvalue weighted by molar-refractivity contribution is -0.135. The maximum atomic E-state index is 12.6. The summed E-state index contributed by atoms with van der Waals surface area (Å²) in [4.78, 5) is 38.5. The number of rotatable bonds is 4. The fraction of sp³-hybridized carbons (Fsp3) is 0.312. The van der Waals surface area contributed by atoms with Gasteiger partial charge in [-0.2, -0.15) is 0 Å². The predicted molar refractivity (Wildman–Crippen MR) is 89.3 cm³/mol. The molecule has 1 saturated heterocycles. The minimum Gasteiger partial charge on any atom is -0.397 e. The van der Waals surface area contributed by atoms with E-state index in [1.54, 1.807) is 17.0 Å². The van der Waals surface area contributed by atoms with Crippen molar-refractivity contribution in [2.75, 3.05) is 43.8 Å². The van der Waals surface area contributed by atoms with Crippen LogP contribution in [0.4, 0.5) is 11.4 Å². The van der Waals surface area contributed by atoms with Gasteiger partial charge < -0.3 is 26.0 Å². The average Bonchev–Trinajstić information content (AvgIpc) is 2.62. The molecule has 24 heavy (non-hydrogen) atoms. The molecule has 1 aliphatic rings. The summed E-state index contributed by atoms with van der Waals surface area (Å²) in [5.41, 5.74) is 6.88. The highest BCUT2D eigenvalue weighted by atomic mass is 16.3. The second kappa shape index (κ2) is 7.60. The van der Waals surface area contributed by atoms with Crippen LogP contribution in [0.15, 0.2) is 30.9 Å². The number of nitrogens with two attached hydrogens (primary N) is 1. The molecule has 0 spiro atoms. The molecule has 8 nitrogen and oxygen atoms in total. The SMILES string of the molecule is C=CC(=O)Nc1cc(C(=O)N2CCN(C(=O)CO)CC2)ccc1N. The normalized spacial score (nSPS) is 14.2. The minimum absolute atomic E-state index is 0.208. The van der Waals surface area contributed by atoms with Crippen LogP contribution in [0.2, 0.25) is 0 Å². The Bertz CT molecular complexity index is 666. The van der Waals surface area contributed by atoms with E-state index < -0.39 is 12.5 Å². The van der Waals surface area contributed by atoms with Crippen molar-refractivity contribution in [3.05, 3.63) is 36.4 Å². The molecule has 0 saturated carbocycles. The van der Waals surface area contributed by atoms with Crippen molar-refractivity contribution in [1.29, 1.82) is 0 Å². The van der Waals surface area contributed by atoms with Gasteiger partial charge in [0.25, 0.3) is 5.91 Å². The highest BCUT2D eigenvalue weighted by molar-refractivity contribution is 6.03. The quantitative estimate of drug-likeness (QED) is 0.516. The second-order valence-electron chi connectivity index (χ2n) is 5.33. The summed E-state index contributed by atoms with van der Waals surface area (Å²) < 4.78 is 0. The van der Waals surface area contributed by atoms with Crippen molar-refractivity contribution in [3.8, 4) is 0 Å². The third-order valence-electron chi connectivity index (χ3n) is 3.80. The molecular formula is C16H20N4O4. The van der Waals surface area contributed by atoms with Crippen molar-refractivity contribution in [1.82, 2.24) is 9.80 Å². The topological polar surface area (TPSA) is 116 Å². The monoisotopic (exact) mass is 332 g/mol. The van der Waals surface area contributed by atoms with Crippen molar-refractivity contribution < 1.29 is 19.5 Å². The summed E-state index contributed by atoms with van der Waals surface area (Å²) in [6, 6.07) is 4.66. The molecule has 8 heteroatoms. The number of aliphatic hydroxyl groups excluding tert-OH is 1. The molecule has 3 amide bonds. The number of piperazine rings is 1. The molecule has 0 bridgehead atoms. The van der Waals surface area contributed by atoms with Gasteiger partial charge in [-0.3, -0.25) is 14.4 Å². The van der Waals surface area contributed by atoms with Crippen LogP contribution in [-0.4, -0.2) is 65.4 Å². The molecule has 0 aromatic heterocycles. The van der Waals surface area contributed by atoms with Crippen LogP contribution in [-0.2, 0) is 9.59 Å². The van der Waals surface area contributed by atoms with E-state index in [-0.39, 0.29) is 11.8 Å². The van der Waals surface area contributed by atoms with Gasteiger partial charge in [-0.1, -0.05) is 6.58 Å². The van der Waals surface area contributed by atoms with E-state index >= 15 is 0 Å². The lowest BCUT2D eigenvalue weighted by Crippen LogP contribution is -2.51. The Morgan fingerprint density at radius 2 is 1.83 bits per heavy atom. The number of nitrogens with one attached hydrogen (secondary N) is 1. The lowest BCUT2D eigenvalue weighted by Gasteiger charge is -2.34. The summed E-state index contributed by atoms with van der Waals surface area (Å²) in [5.74, 6) is -0.966. The van der Waals surface area contributed by atoms with E-state index in [0.717, 1.165) is 6.08 Å². The van der Waals surface area contributed by atoms with Gasteiger partial charge in [0, 0.05) is 31.7 Å². The molecule has 1 aromatic carbocycles. The van der Waals surface area contributed by atoms with Crippen LogP contribution in [0.25, 0.3) is 0 Å². The smallest absolute Gasteiger partial charge is 0.254 e. The zero-order chi connectivity index (χ0) is 17.7. The van der Waals surface area contributed by atoms with E-state index in [1.165, 1.54) is 11.0 Å². The van der Waals surface area contributed by atoms with E-state index in [9.17, 15) is 14.4 Å². The highest BCUT2D eigenvalue weighted by Gasteiger charge is 2.24. The molecule has 0 radical (unpaired) electrons. The molecule has 0 aliphatic carbocycles. The summed E-state index contributed by atoms with van der Waals surface area (Å²) in [6.07, 6.45) is 1.12.